The molecule has 24 heavy (non-hydrogen) atoms. The molecule has 6 fully saturated rings. The number of aliphatic hydroxyl groups excluding tert-OH is 1. The SMILES string of the molecule is CCCCN1C(=O)[C@H]2CC[C@@H]1[C@@H]1C(=O)N[C@H]2[C@@H](O)[C@@]1(O)CCCC. The number of hydrogen-bond acceptors (Lipinski definition) is 4. The summed E-state index contributed by atoms with van der Waals surface area (Å²) >= 11 is 0. The smallest absolute Gasteiger partial charge is 0.228 e. The van der Waals surface area contributed by atoms with Crippen molar-refractivity contribution in [1.29, 1.82) is 0 Å². The van der Waals surface area contributed by atoms with E-state index in [9.17, 15) is 19.8 Å². The Morgan fingerprint density at radius 1 is 1.21 bits per heavy atom. The monoisotopic (exact) mass is 338 g/mol. The zero-order chi connectivity index (χ0) is 17.5. The molecule has 4 bridgehead atoms. The van der Waals surface area contributed by atoms with E-state index in [0.717, 1.165) is 32.1 Å². The Kier molecular flexibility index (Phi) is 4.89. The van der Waals surface area contributed by atoms with Crippen molar-refractivity contribution in [2.45, 2.75) is 82.6 Å². The Morgan fingerprint density at radius 2 is 1.92 bits per heavy atom. The number of nitrogens with one attached hydrogen (secondary N) is 1. The van der Waals surface area contributed by atoms with Crippen molar-refractivity contribution in [3.63, 3.8) is 0 Å². The molecule has 2 amide bonds. The summed E-state index contributed by atoms with van der Waals surface area (Å²) in [6.07, 6.45) is 4.25. The van der Waals surface area contributed by atoms with Gasteiger partial charge < -0.3 is 20.4 Å². The molecule has 6 rings (SSSR count). The number of unbranched alkanes of at least 4 members (excludes halogenated alkanes) is 2. The highest BCUT2D eigenvalue weighted by Gasteiger charge is 2.63. The van der Waals surface area contributed by atoms with Crippen LogP contribution >= 0.6 is 0 Å². The van der Waals surface area contributed by atoms with Crippen molar-refractivity contribution >= 4 is 11.8 Å². The zero-order valence-electron chi connectivity index (χ0n) is 14.7. The number of amides is 2. The summed E-state index contributed by atoms with van der Waals surface area (Å²) in [7, 11) is 0. The minimum atomic E-state index is -1.43. The van der Waals surface area contributed by atoms with Crippen LogP contribution in [0.3, 0.4) is 0 Å². The molecule has 1 saturated carbocycles. The summed E-state index contributed by atoms with van der Waals surface area (Å²) in [6.45, 7) is 4.74. The summed E-state index contributed by atoms with van der Waals surface area (Å²) in [4.78, 5) is 27.5. The Morgan fingerprint density at radius 3 is 2.58 bits per heavy atom. The molecule has 5 saturated heterocycles. The van der Waals surface area contributed by atoms with Crippen LogP contribution in [0, 0.1) is 11.8 Å². The number of carbonyl (C=O) groups is 2. The van der Waals surface area contributed by atoms with Crippen LogP contribution in [-0.2, 0) is 9.59 Å². The van der Waals surface area contributed by atoms with Gasteiger partial charge >= 0.3 is 0 Å². The topological polar surface area (TPSA) is 89.9 Å². The molecule has 0 radical (unpaired) electrons. The van der Waals surface area contributed by atoms with Gasteiger partial charge in [-0.05, 0) is 25.7 Å². The fourth-order valence-electron chi connectivity index (χ4n) is 4.94. The average molecular weight is 338 g/mol. The predicted octanol–water partition coefficient (Wildman–Crippen LogP) is 0.804. The molecular formula is C18H30N2O4. The lowest BCUT2D eigenvalue weighted by Gasteiger charge is -2.58. The number of rotatable bonds is 6. The molecule has 6 heteroatoms. The fourth-order valence-corrected chi connectivity index (χ4v) is 4.94. The molecule has 1 aliphatic carbocycles. The van der Waals surface area contributed by atoms with E-state index >= 15 is 0 Å². The first-order valence-corrected chi connectivity index (χ1v) is 9.47. The van der Waals surface area contributed by atoms with Crippen LogP contribution < -0.4 is 5.32 Å². The van der Waals surface area contributed by atoms with Crippen molar-refractivity contribution in [1.82, 2.24) is 10.2 Å². The molecule has 5 heterocycles. The van der Waals surface area contributed by atoms with Crippen molar-refractivity contribution in [3.8, 4) is 0 Å². The molecule has 6 aliphatic rings. The van der Waals surface area contributed by atoms with Gasteiger partial charge in [0.1, 0.15) is 11.7 Å². The summed E-state index contributed by atoms with van der Waals surface area (Å²) in [5, 5.41) is 25.0. The maximum absolute atomic E-state index is 12.9. The van der Waals surface area contributed by atoms with E-state index in [0.29, 0.717) is 19.4 Å². The molecule has 0 aromatic heterocycles. The minimum absolute atomic E-state index is 0.0336. The third-order valence-electron chi connectivity index (χ3n) is 6.26. The summed E-state index contributed by atoms with van der Waals surface area (Å²) in [5.41, 5.74) is -1.43. The van der Waals surface area contributed by atoms with Gasteiger partial charge in [0.25, 0.3) is 0 Å². The molecular weight excluding hydrogens is 308 g/mol. The van der Waals surface area contributed by atoms with Gasteiger partial charge in [0.2, 0.25) is 11.8 Å². The first-order valence-electron chi connectivity index (χ1n) is 9.47. The zero-order valence-corrected chi connectivity index (χ0v) is 14.7. The summed E-state index contributed by atoms with van der Waals surface area (Å²) in [6, 6.07) is -0.980. The van der Waals surface area contributed by atoms with E-state index < -0.39 is 29.6 Å². The van der Waals surface area contributed by atoms with Gasteiger partial charge in [0, 0.05) is 12.6 Å². The van der Waals surface area contributed by atoms with Crippen LogP contribution in [0.5, 0.6) is 0 Å². The van der Waals surface area contributed by atoms with Crippen LogP contribution in [0.2, 0.25) is 0 Å². The van der Waals surface area contributed by atoms with E-state index in [-0.39, 0.29) is 17.9 Å². The molecule has 0 aromatic rings. The highest BCUT2D eigenvalue weighted by molar-refractivity contribution is 5.89. The number of hydrogen-bond donors (Lipinski definition) is 3. The fraction of sp³-hybridized carbons (Fsp3) is 0.889. The lowest BCUT2D eigenvalue weighted by atomic mass is 9.61. The molecule has 5 aliphatic heterocycles. The molecule has 6 nitrogen and oxygen atoms in total. The second-order valence-electron chi connectivity index (χ2n) is 7.69. The highest BCUT2D eigenvalue weighted by atomic mass is 16.3. The summed E-state index contributed by atoms with van der Waals surface area (Å²) < 4.78 is 0. The van der Waals surface area contributed by atoms with Gasteiger partial charge in [0.05, 0.1) is 17.9 Å². The van der Waals surface area contributed by atoms with Crippen molar-refractivity contribution in [2.24, 2.45) is 11.8 Å². The molecule has 6 atom stereocenters. The second-order valence-corrected chi connectivity index (χ2v) is 7.69. The van der Waals surface area contributed by atoms with E-state index in [1.807, 2.05) is 11.8 Å². The molecule has 0 aromatic carbocycles. The molecule has 0 unspecified atom stereocenters. The van der Waals surface area contributed by atoms with Crippen molar-refractivity contribution < 1.29 is 19.8 Å². The lowest BCUT2D eigenvalue weighted by Crippen LogP contribution is -2.78. The maximum atomic E-state index is 12.9. The van der Waals surface area contributed by atoms with Gasteiger partial charge in [-0.25, -0.2) is 0 Å². The standard InChI is InChI=1S/C18H30N2O4/c1-3-5-9-18(24)13-12-8-7-11(14(15(18)21)19-16(13)22)17(23)20(12)10-6-4-2/h11-15,21,24H,3-10H2,1-2H3,(H,19,22)/t11-,12+,13+,14+,15+,18+/m0/s1. The first-order chi connectivity index (χ1) is 11.5. The van der Waals surface area contributed by atoms with E-state index in [4.69, 9.17) is 0 Å². The van der Waals surface area contributed by atoms with Crippen LogP contribution in [0.15, 0.2) is 0 Å². The lowest BCUT2D eigenvalue weighted by molar-refractivity contribution is -0.206. The van der Waals surface area contributed by atoms with Crippen LogP contribution in [0.25, 0.3) is 0 Å². The largest absolute Gasteiger partial charge is 0.388 e. The highest BCUT2D eigenvalue weighted by Crippen LogP contribution is 2.46. The van der Waals surface area contributed by atoms with Gasteiger partial charge in [-0.1, -0.05) is 33.1 Å². The molecule has 0 spiro atoms. The van der Waals surface area contributed by atoms with Gasteiger partial charge in [-0.15, -0.1) is 0 Å². The van der Waals surface area contributed by atoms with E-state index in [2.05, 4.69) is 12.2 Å². The number of piperidine rings is 2. The van der Waals surface area contributed by atoms with Crippen LogP contribution in [-0.4, -0.2) is 57.3 Å². The second kappa shape index (κ2) is 6.64. The van der Waals surface area contributed by atoms with Crippen molar-refractivity contribution in [3.05, 3.63) is 0 Å². The Labute approximate surface area is 143 Å². The normalized spacial score (nSPS) is 41.3. The summed E-state index contributed by atoms with van der Waals surface area (Å²) in [5.74, 6) is -1.33. The Bertz CT molecular complexity index is 511. The number of nitrogens with zero attached hydrogens (tertiary/aromatic N) is 1. The molecule has 3 N–H and O–H groups in total. The van der Waals surface area contributed by atoms with E-state index in [1.54, 1.807) is 0 Å². The Hall–Kier alpha value is -1.14. The van der Waals surface area contributed by atoms with Gasteiger partial charge in [-0.2, -0.15) is 0 Å². The Balaban J connectivity index is 2.01. The third kappa shape index (κ3) is 2.54. The average Bonchev–Trinajstić information content (AvgIpc) is 2.54. The number of carbonyl (C=O) groups excluding carboxylic acids is 2. The van der Waals surface area contributed by atoms with Gasteiger partial charge in [-0.3, -0.25) is 9.59 Å². The van der Waals surface area contributed by atoms with Crippen molar-refractivity contribution in [2.75, 3.05) is 6.54 Å². The minimum Gasteiger partial charge on any atom is -0.388 e. The number of aliphatic hydroxyl groups is 2. The molecule has 136 valence electrons. The maximum Gasteiger partial charge on any atom is 0.228 e. The van der Waals surface area contributed by atoms with E-state index in [1.165, 1.54) is 0 Å². The van der Waals surface area contributed by atoms with Crippen LogP contribution in [0.4, 0.5) is 0 Å². The third-order valence-corrected chi connectivity index (χ3v) is 6.26. The first kappa shape index (κ1) is 17.7. The van der Waals surface area contributed by atoms with Crippen LogP contribution in [0.1, 0.15) is 58.8 Å². The predicted molar refractivity (Wildman–Crippen MR) is 89.0 cm³/mol. The van der Waals surface area contributed by atoms with Gasteiger partial charge in [0.15, 0.2) is 0 Å². The quantitative estimate of drug-likeness (QED) is 0.668.